The van der Waals surface area contributed by atoms with Crippen molar-refractivity contribution in [2.45, 2.75) is 58.8 Å². The van der Waals surface area contributed by atoms with E-state index in [2.05, 4.69) is 23.1 Å². The molecule has 0 bridgehead atoms. The second-order valence-electron chi connectivity index (χ2n) is 7.03. The molecule has 1 atom stereocenters. The molecule has 6 heteroatoms. The van der Waals surface area contributed by atoms with E-state index in [4.69, 9.17) is 4.74 Å². The molecule has 0 radical (unpaired) electrons. The molecule has 1 saturated heterocycles. The molecule has 0 spiro atoms. The van der Waals surface area contributed by atoms with Crippen LogP contribution in [0, 0.1) is 13.8 Å². The molecule has 0 saturated carbocycles. The number of likely N-dealkylation sites (tertiary alicyclic amines) is 1. The number of nitrogens with zero attached hydrogens (tertiary/aromatic N) is 4. The van der Waals surface area contributed by atoms with E-state index in [1.165, 1.54) is 0 Å². The highest BCUT2D eigenvalue weighted by atomic mass is 16.5. The largest absolute Gasteiger partial charge is 0.372 e. The Morgan fingerprint density at radius 2 is 2.27 bits per heavy atom. The molecule has 3 heterocycles. The number of ether oxygens (including phenoxy) is 1. The van der Waals surface area contributed by atoms with Crippen molar-refractivity contribution >= 4 is 5.91 Å². The number of piperidine rings is 1. The topological polar surface area (TPSA) is 60.2 Å². The van der Waals surface area contributed by atoms with Crippen molar-refractivity contribution in [1.82, 2.24) is 19.7 Å². The van der Waals surface area contributed by atoms with Gasteiger partial charge in [0.1, 0.15) is 0 Å². The van der Waals surface area contributed by atoms with Crippen molar-refractivity contribution in [3.05, 3.63) is 47.5 Å². The molecule has 1 aliphatic rings. The zero-order chi connectivity index (χ0) is 18.4. The van der Waals surface area contributed by atoms with Gasteiger partial charge in [0, 0.05) is 44.1 Å². The minimum atomic E-state index is 0.115. The number of hydrogen-bond donors (Lipinski definition) is 0. The van der Waals surface area contributed by atoms with E-state index in [0.29, 0.717) is 19.6 Å². The van der Waals surface area contributed by atoms with E-state index in [0.717, 1.165) is 49.3 Å². The second kappa shape index (κ2) is 8.94. The fourth-order valence-corrected chi connectivity index (χ4v) is 3.44. The number of carbonyl (C=O) groups is 1. The molecule has 1 aliphatic heterocycles. The lowest BCUT2D eigenvalue weighted by Gasteiger charge is -2.32. The summed E-state index contributed by atoms with van der Waals surface area (Å²) in [6, 6.07) is 5.99. The molecule has 1 amide bonds. The molecule has 140 valence electrons. The molecule has 0 aliphatic carbocycles. The molecular weight excluding hydrogens is 328 g/mol. The number of carbonyl (C=O) groups excluding carboxylic acids is 1. The lowest BCUT2D eigenvalue weighted by molar-refractivity contribution is -0.135. The van der Waals surface area contributed by atoms with E-state index < -0.39 is 0 Å². The Bertz CT molecular complexity index is 714. The third-order valence-corrected chi connectivity index (χ3v) is 4.80. The quantitative estimate of drug-likeness (QED) is 0.765. The van der Waals surface area contributed by atoms with Crippen LogP contribution in [-0.4, -0.2) is 44.8 Å². The zero-order valence-corrected chi connectivity index (χ0v) is 15.7. The van der Waals surface area contributed by atoms with Gasteiger partial charge in [-0.2, -0.15) is 5.10 Å². The predicted octanol–water partition coefficient (Wildman–Crippen LogP) is 2.88. The van der Waals surface area contributed by atoms with Crippen LogP contribution in [0.15, 0.2) is 30.6 Å². The van der Waals surface area contributed by atoms with Crippen LogP contribution in [0.4, 0.5) is 0 Å². The van der Waals surface area contributed by atoms with Gasteiger partial charge in [0.15, 0.2) is 0 Å². The van der Waals surface area contributed by atoms with Gasteiger partial charge in [-0.3, -0.25) is 14.5 Å². The summed E-state index contributed by atoms with van der Waals surface area (Å²) in [7, 11) is 0. The third-order valence-electron chi connectivity index (χ3n) is 4.80. The smallest absolute Gasteiger partial charge is 0.222 e. The molecule has 0 unspecified atom stereocenters. The summed E-state index contributed by atoms with van der Waals surface area (Å²) in [6.45, 7) is 6.92. The third kappa shape index (κ3) is 5.14. The van der Waals surface area contributed by atoms with Crippen LogP contribution in [0.2, 0.25) is 0 Å². The van der Waals surface area contributed by atoms with Gasteiger partial charge in [-0.05, 0) is 50.8 Å². The van der Waals surface area contributed by atoms with Gasteiger partial charge < -0.3 is 9.64 Å². The van der Waals surface area contributed by atoms with E-state index in [1.54, 1.807) is 6.20 Å². The Labute approximate surface area is 155 Å². The second-order valence-corrected chi connectivity index (χ2v) is 7.03. The minimum Gasteiger partial charge on any atom is -0.372 e. The summed E-state index contributed by atoms with van der Waals surface area (Å²) in [5.41, 5.74) is 3.25. The molecule has 26 heavy (non-hydrogen) atoms. The molecule has 0 aromatic carbocycles. The maximum Gasteiger partial charge on any atom is 0.222 e. The number of aromatic nitrogens is 3. The van der Waals surface area contributed by atoms with Crippen molar-refractivity contribution in [3.63, 3.8) is 0 Å². The Hall–Kier alpha value is -2.21. The van der Waals surface area contributed by atoms with Crippen LogP contribution < -0.4 is 0 Å². The standard InChI is InChI=1S/C20H28N4O2/c1-16-12-17(2)24(22-16)11-5-8-20(25)23-10-4-7-19(14-23)26-15-18-6-3-9-21-13-18/h3,6,9,12-13,19H,4-5,7-8,10-11,14-15H2,1-2H3/t19-/m0/s1. The van der Waals surface area contributed by atoms with Crippen LogP contribution in [0.3, 0.4) is 0 Å². The first-order chi connectivity index (χ1) is 12.6. The number of rotatable bonds is 7. The van der Waals surface area contributed by atoms with Gasteiger partial charge in [0.25, 0.3) is 0 Å². The van der Waals surface area contributed by atoms with Gasteiger partial charge in [0.05, 0.1) is 18.4 Å². The molecule has 3 rings (SSSR count). The highest BCUT2D eigenvalue weighted by Crippen LogP contribution is 2.16. The number of pyridine rings is 1. The van der Waals surface area contributed by atoms with E-state index in [1.807, 2.05) is 34.8 Å². The minimum absolute atomic E-state index is 0.115. The van der Waals surface area contributed by atoms with Crippen LogP contribution in [0.5, 0.6) is 0 Å². The van der Waals surface area contributed by atoms with E-state index in [-0.39, 0.29) is 12.0 Å². The summed E-state index contributed by atoms with van der Waals surface area (Å²) in [4.78, 5) is 18.6. The van der Waals surface area contributed by atoms with E-state index in [9.17, 15) is 4.79 Å². The highest BCUT2D eigenvalue weighted by Gasteiger charge is 2.23. The van der Waals surface area contributed by atoms with Gasteiger partial charge in [-0.15, -0.1) is 0 Å². The Morgan fingerprint density at radius 3 is 3.00 bits per heavy atom. The SMILES string of the molecule is Cc1cc(C)n(CCCC(=O)N2CCC[C@H](OCc3cccnc3)C2)n1. The number of hydrogen-bond acceptors (Lipinski definition) is 4. The lowest BCUT2D eigenvalue weighted by Crippen LogP contribution is -2.43. The van der Waals surface area contributed by atoms with Crippen LogP contribution in [0.25, 0.3) is 0 Å². The number of aryl methyl sites for hydroxylation is 3. The normalized spacial score (nSPS) is 17.5. The average Bonchev–Trinajstić information content (AvgIpc) is 2.98. The van der Waals surface area contributed by atoms with Crippen molar-refractivity contribution in [1.29, 1.82) is 0 Å². The van der Waals surface area contributed by atoms with Crippen molar-refractivity contribution < 1.29 is 9.53 Å². The average molecular weight is 356 g/mol. The summed E-state index contributed by atoms with van der Waals surface area (Å²) in [6.07, 6.45) is 7.09. The van der Waals surface area contributed by atoms with Crippen molar-refractivity contribution in [3.8, 4) is 0 Å². The lowest BCUT2D eigenvalue weighted by atomic mass is 10.1. The Kier molecular flexibility index (Phi) is 6.39. The zero-order valence-electron chi connectivity index (χ0n) is 15.7. The van der Waals surface area contributed by atoms with Crippen LogP contribution in [0.1, 0.15) is 42.6 Å². The van der Waals surface area contributed by atoms with Gasteiger partial charge >= 0.3 is 0 Å². The first kappa shape index (κ1) is 18.6. The molecule has 6 nitrogen and oxygen atoms in total. The molecule has 1 fully saturated rings. The summed E-state index contributed by atoms with van der Waals surface area (Å²) in [5, 5.41) is 4.45. The maximum atomic E-state index is 12.5. The fourth-order valence-electron chi connectivity index (χ4n) is 3.44. The Morgan fingerprint density at radius 1 is 1.38 bits per heavy atom. The monoisotopic (exact) mass is 356 g/mol. The van der Waals surface area contributed by atoms with Gasteiger partial charge in [0.2, 0.25) is 5.91 Å². The van der Waals surface area contributed by atoms with E-state index >= 15 is 0 Å². The molecule has 2 aromatic heterocycles. The first-order valence-corrected chi connectivity index (χ1v) is 9.41. The highest BCUT2D eigenvalue weighted by molar-refractivity contribution is 5.76. The summed E-state index contributed by atoms with van der Waals surface area (Å²) < 4.78 is 7.98. The molecular formula is C20H28N4O2. The van der Waals surface area contributed by atoms with Crippen LogP contribution >= 0.6 is 0 Å². The molecule has 2 aromatic rings. The summed E-state index contributed by atoms with van der Waals surface area (Å²) in [5.74, 6) is 0.223. The maximum absolute atomic E-state index is 12.5. The predicted molar refractivity (Wildman–Crippen MR) is 99.6 cm³/mol. The number of amides is 1. The van der Waals surface area contributed by atoms with Crippen molar-refractivity contribution in [2.24, 2.45) is 0 Å². The van der Waals surface area contributed by atoms with Crippen LogP contribution in [-0.2, 0) is 22.7 Å². The first-order valence-electron chi connectivity index (χ1n) is 9.41. The Balaban J connectivity index is 1.41. The van der Waals surface area contributed by atoms with Crippen molar-refractivity contribution in [2.75, 3.05) is 13.1 Å². The summed E-state index contributed by atoms with van der Waals surface area (Å²) >= 11 is 0. The molecule has 0 N–H and O–H groups in total. The van der Waals surface area contributed by atoms with Gasteiger partial charge in [-0.1, -0.05) is 6.07 Å². The van der Waals surface area contributed by atoms with Gasteiger partial charge in [-0.25, -0.2) is 0 Å². The fraction of sp³-hybridized carbons (Fsp3) is 0.550.